The molecule has 2 aromatic rings. The van der Waals surface area contributed by atoms with E-state index in [-0.39, 0.29) is 0 Å². The smallest absolute Gasteiger partial charge is 0.144 e. The number of benzene rings is 1. The fourth-order valence-electron chi connectivity index (χ4n) is 1.94. The number of methoxy groups -OCH3 is 1. The highest BCUT2D eigenvalue weighted by atomic mass is 16.5. The minimum atomic E-state index is 0.502. The molecule has 0 amide bonds. The van der Waals surface area contributed by atoms with Crippen LogP contribution >= 0.6 is 0 Å². The molecular formula is C12H16N2O. The largest absolute Gasteiger partial charge is 0.494 e. The summed E-state index contributed by atoms with van der Waals surface area (Å²) in [6, 6.07) is 4.13. The summed E-state index contributed by atoms with van der Waals surface area (Å²) in [5.41, 5.74) is 2.39. The molecule has 0 atom stereocenters. The van der Waals surface area contributed by atoms with Gasteiger partial charge in [0.2, 0.25) is 0 Å². The molecule has 15 heavy (non-hydrogen) atoms. The molecule has 2 rings (SSSR count). The molecule has 0 radical (unpaired) electrons. The second-order valence-corrected chi connectivity index (χ2v) is 4.04. The number of rotatable bonds is 2. The molecule has 1 aromatic carbocycles. The van der Waals surface area contributed by atoms with Gasteiger partial charge in [0.25, 0.3) is 0 Å². The number of hydrogen-bond acceptors (Lipinski definition) is 2. The van der Waals surface area contributed by atoms with Gasteiger partial charge >= 0.3 is 0 Å². The van der Waals surface area contributed by atoms with Gasteiger partial charge in [0, 0.05) is 12.4 Å². The number of fused-ring (bicyclic) bond motifs is 1. The summed E-state index contributed by atoms with van der Waals surface area (Å²) in [5.74, 6) is 1.39. The lowest BCUT2D eigenvalue weighted by Crippen LogP contribution is -1.95. The fraction of sp³-hybridized carbons (Fsp3) is 0.417. The van der Waals surface area contributed by atoms with Crippen molar-refractivity contribution in [2.45, 2.75) is 19.8 Å². The summed E-state index contributed by atoms with van der Waals surface area (Å²) >= 11 is 0. The lowest BCUT2D eigenvalue weighted by molar-refractivity contribution is 0.417. The summed E-state index contributed by atoms with van der Waals surface area (Å²) < 4.78 is 7.20. The normalized spacial score (nSPS) is 11.3. The number of nitrogens with zero attached hydrogens (tertiary/aromatic N) is 2. The van der Waals surface area contributed by atoms with Gasteiger partial charge < -0.3 is 4.74 Å². The molecule has 0 aliphatic rings. The molecule has 0 aliphatic carbocycles. The zero-order valence-corrected chi connectivity index (χ0v) is 9.61. The molecule has 0 unspecified atom stereocenters. The second-order valence-electron chi connectivity index (χ2n) is 4.04. The quantitative estimate of drug-likeness (QED) is 0.752. The average molecular weight is 204 g/mol. The molecule has 0 aliphatic heterocycles. The van der Waals surface area contributed by atoms with Gasteiger partial charge in [-0.05, 0) is 17.5 Å². The lowest BCUT2D eigenvalue weighted by Gasteiger charge is -2.10. The van der Waals surface area contributed by atoms with E-state index in [2.05, 4.69) is 25.0 Å². The summed E-state index contributed by atoms with van der Waals surface area (Å²) in [6.07, 6.45) is 1.91. The Morgan fingerprint density at radius 3 is 2.67 bits per heavy atom. The van der Waals surface area contributed by atoms with Crippen molar-refractivity contribution in [1.82, 2.24) is 9.78 Å². The van der Waals surface area contributed by atoms with E-state index in [1.54, 1.807) is 7.11 Å². The molecule has 1 heterocycles. The van der Waals surface area contributed by atoms with Gasteiger partial charge in [-0.25, -0.2) is 0 Å². The highest BCUT2D eigenvalue weighted by molar-refractivity contribution is 5.88. The van der Waals surface area contributed by atoms with Gasteiger partial charge in [-0.2, -0.15) is 5.10 Å². The van der Waals surface area contributed by atoms with Crippen LogP contribution in [0.25, 0.3) is 10.9 Å². The van der Waals surface area contributed by atoms with Crippen LogP contribution in [-0.2, 0) is 7.05 Å². The first kappa shape index (κ1) is 10.0. The van der Waals surface area contributed by atoms with Crippen molar-refractivity contribution in [2.75, 3.05) is 7.11 Å². The fourth-order valence-corrected chi connectivity index (χ4v) is 1.94. The predicted molar refractivity (Wildman–Crippen MR) is 61.4 cm³/mol. The summed E-state index contributed by atoms with van der Waals surface area (Å²) in [5, 5.41) is 5.47. The van der Waals surface area contributed by atoms with Gasteiger partial charge in [-0.3, -0.25) is 4.68 Å². The van der Waals surface area contributed by atoms with Crippen molar-refractivity contribution in [3.63, 3.8) is 0 Å². The topological polar surface area (TPSA) is 27.1 Å². The summed E-state index contributed by atoms with van der Waals surface area (Å²) in [6.45, 7) is 4.38. The van der Waals surface area contributed by atoms with Crippen LogP contribution in [0.1, 0.15) is 25.3 Å². The summed E-state index contributed by atoms with van der Waals surface area (Å²) in [4.78, 5) is 0. The van der Waals surface area contributed by atoms with Crippen LogP contribution in [0.4, 0.5) is 0 Å². The Balaban J connectivity index is 2.79. The molecule has 0 spiro atoms. The van der Waals surface area contributed by atoms with Crippen LogP contribution in [0.15, 0.2) is 18.3 Å². The lowest BCUT2D eigenvalue weighted by atomic mass is 9.99. The Bertz CT molecular complexity index is 486. The van der Waals surface area contributed by atoms with Gasteiger partial charge in [-0.15, -0.1) is 0 Å². The van der Waals surface area contributed by atoms with Gasteiger partial charge in [0.05, 0.1) is 13.3 Å². The van der Waals surface area contributed by atoms with E-state index >= 15 is 0 Å². The van der Waals surface area contributed by atoms with Crippen molar-refractivity contribution in [1.29, 1.82) is 0 Å². The number of ether oxygens (including phenoxy) is 1. The van der Waals surface area contributed by atoms with Crippen LogP contribution in [0, 0.1) is 0 Å². The van der Waals surface area contributed by atoms with Gasteiger partial charge in [0.15, 0.2) is 0 Å². The number of hydrogen-bond donors (Lipinski definition) is 0. The Kier molecular flexibility index (Phi) is 2.39. The van der Waals surface area contributed by atoms with Crippen molar-refractivity contribution in [2.24, 2.45) is 7.05 Å². The first-order valence-corrected chi connectivity index (χ1v) is 5.13. The molecule has 0 saturated heterocycles. The maximum atomic E-state index is 5.34. The molecule has 0 N–H and O–H groups in total. The molecule has 3 nitrogen and oxygen atoms in total. The zero-order chi connectivity index (χ0) is 11.0. The summed E-state index contributed by atoms with van der Waals surface area (Å²) in [7, 11) is 3.63. The molecule has 0 fully saturated rings. The van der Waals surface area contributed by atoms with E-state index in [4.69, 9.17) is 4.74 Å². The van der Waals surface area contributed by atoms with Crippen LogP contribution in [-0.4, -0.2) is 16.9 Å². The number of aryl methyl sites for hydroxylation is 1. The third-order valence-corrected chi connectivity index (χ3v) is 2.74. The number of aromatic nitrogens is 2. The standard InChI is InChI=1S/C12H16N2O/c1-8(2)9-5-6-11(15-4)12-10(9)7-13-14(12)3/h5-8H,1-4H3. The van der Waals surface area contributed by atoms with Crippen LogP contribution in [0.5, 0.6) is 5.75 Å². The van der Waals surface area contributed by atoms with Crippen molar-refractivity contribution in [3.8, 4) is 5.75 Å². The zero-order valence-electron chi connectivity index (χ0n) is 9.61. The molecule has 3 heteroatoms. The maximum absolute atomic E-state index is 5.34. The van der Waals surface area contributed by atoms with Crippen LogP contribution < -0.4 is 4.74 Å². The van der Waals surface area contributed by atoms with E-state index in [0.29, 0.717) is 5.92 Å². The Morgan fingerprint density at radius 2 is 2.07 bits per heavy atom. The molecule has 0 saturated carbocycles. The van der Waals surface area contributed by atoms with E-state index < -0.39 is 0 Å². The van der Waals surface area contributed by atoms with Crippen molar-refractivity contribution < 1.29 is 4.74 Å². The van der Waals surface area contributed by atoms with Crippen molar-refractivity contribution >= 4 is 10.9 Å². The van der Waals surface area contributed by atoms with Gasteiger partial charge in [0.1, 0.15) is 11.3 Å². The highest BCUT2D eigenvalue weighted by Gasteiger charge is 2.12. The van der Waals surface area contributed by atoms with Gasteiger partial charge in [-0.1, -0.05) is 19.9 Å². The van der Waals surface area contributed by atoms with Crippen LogP contribution in [0.2, 0.25) is 0 Å². The van der Waals surface area contributed by atoms with E-state index in [1.807, 2.05) is 24.0 Å². The Hall–Kier alpha value is -1.51. The average Bonchev–Trinajstić information content (AvgIpc) is 2.60. The Morgan fingerprint density at radius 1 is 1.33 bits per heavy atom. The third-order valence-electron chi connectivity index (χ3n) is 2.74. The molecule has 0 bridgehead atoms. The SMILES string of the molecule is COc1ccc(C(C)C)c2cnn(C)c12. The minimum absolute atomic E-state index is 0.502. The monoisotopic (exact) mass is 204 g/mol. The molecule has 80 valence electrons. The Labute approximate surface area is 89.7 Å². The maximum Gasteiger partial charge on any atom is 0.144 e. The first-order chi connectivity index (χ1) is 7.15. The van der Waals surface area contributed by atoms with Crippen molar-refractivity contribution in [3.05, 3.63) is 23.9 Å². The van der Waals surface area contributed by atoms with E-state index in [1.165, 1.54) is 10.9 Å². The predicted octanol–water partition coefficient (Wildman–Crippen LogP) is 2.71. The molecular weight excluding hydrogens is 188 g/mol. The highest BCUT2D eigenvalue weighted by Crippen LogP contribution is 2.31. The van der Waals surface area contributed by atoms with E-state index in [9.17, 15) is 0 Å². The van der Waals surface area contributed by atoms with Crippen LogP contribution in [0.3, 0.4) is 0 Å². The molecule has 1 aromatic heterocycles. The van der Waals surface area contributed by atoms with E-state index in [0.717, 1.165) is 11.3 Å². The third kappa shape index (κ3) is 1.48. The second kappa shape index (κ2) is 3.57. The minimum Gasteiger partial charge on any atom is -0.494 e. The first-order valence-electron chi connectivity index (χ1n) is 5.13.